The molecule has 1 fully saturated rings. The molecule has 1 aliphatic rings. The van der Waals surface area contributed by atoms with Gasteiger partial charge in [0.05, 0.1) is 13.2 Å². The van der Waals surface area contributed by atoms with E-state index in [1.807, 2.05) is 0 Å². The van der Waals surface area contributed by atoms with Gasteiger partial charge in [0.15, 0.2) is 0 Å². The molecule has 2 atom stereocenters. The molecule has 4 nitrogen and oxygen atoms in total. The molecule has 0 amide bonds. The molecule has 0 aromatic carbocycles. The molecule has 18 heavy (non-hydrogen) atoms. The van der Waals surface area contributed by atoms with Crippen molar-refractivity contribution in [3.05, 3.63) is 0 Å². The Morgan fingerprint density at radius 3 is 2.78 bits per heavy atom. The molecule has 0 saturated carbocycles. The van der Waals surface area contributed by atoms with Gasteiger partial charge >= 0.3 is 0 Å². The summed E-state index contributed by atoms with van der Waals surface area (Å²) in [7, 11) is 1.78. The van der Waals surface area contributed by atoms with Crippen molar-refractivity contribution >= 4 is 0 Å². The fourth-order valence-electron chi connectivity index (χ4n) is 2.79. The van der Waals surface area contributed by atoms with E-state index in [4.69, 9.17) is 4.74 Å². The highest BCUT2D eigenvalue weighted by Crippen LogP contribution is 2.19. The normalized spacial score (nSPS) is 24.7. The molecule has 0 spiro atoms. The van der Waals surface area contributed by atoms with Crippen LogP contribution in [0, 0.1) is 5.92 Å². The molecular weight excluding hydrogens is 228 g/mol. The van der Waals surface area contributed by atoms with E-state index in [9.17, 15) is 5.11 Å². The highest BCUT2D eigenvalue weighted by atomic mass is 16.5. The number of hydrogen-bond donors (Lipinski definition) is 2. The smallest absolute Gasteiger partial charge is 0.0611 e. The molecule has 0 aromatic rings. The predicted octanol–water partition coefficient (Wildman–Crippen LogP) is 1.09. The number of ether oxygens (including phenoxy) is 1. The van der Waals surface area contributed by atoms with Crippen LogP contribution in [0.4, 0.5) is 0 Å². The third-order valence-electron chi connectivity index (χ3n) is 3.74. The van der Waals surface area contributed by atoms with Gasteiger partial charge < -0.3 is 20.1 Å². The van der Waals surface area contributed by atoms with Gasteiger partial charge in [-0.25, -0.2) is 0 Å². The van der Waals surface area contributed by atoms with Crippen LogP contribution >= 0.6 is 0 Å². The minimum atomic E-state index is -0.159. The summed E-state index contributed by atoms with van der Waals surface area (Å²) in [6, 6.07) is 0.405. The van der Waals surface area contributed by atoms with E-state index >= 15 is 0 Å². The Hall–Kier alpha value is -0.160. The fourth-order valence-corrected chi connectivity index (χ4v) is 2.79. The van der Waals surface area contributed by atoms with Gasteiger partial charge in [0.2, 0.25) is 0 Å². The maximum absolute atomic E-state index is 9.54. The average Bonchev–Trinajstić information content (AvgIpc) is 2.74. The quantitative estimate of drug-likeness (QED) is 0.684. The van der Waals surface area contributed by atoms with Gasteiger partial charge in [0.25, 0.3) is 0 Å². The van der Waals surface area contributed by atoms with Crippen LogP contribution in [-0.4, -0.2) is 61.5 Å². The van der Waals surface area contributed by atoms with Crippen LogP contribution in [-0.2, 0) is 4.74 Å². The van der Waals surface area contributed by atoms with Crippen molar-refractivity contribution in [2.75, 3.05) is 40.0 Å². The van der Waals surface area contributed by atoms with Gasteiger partial charge in [-0.2, -0.15) is 0 Å². The van der Waals surface area contributed by atoms with Gasteiger partial charge in [-0.3, -0.25) is 0 Å². The summed E-state index contributed by atoms with van der Waals surface area (Å²) in [5, 5.41) is 13.0. The molecule has 2 unspecified atom stereocenters. The number of aliphatic hydroxyl groups excluding tert-OH is 1. The Morgan fingerprint density at radius 1 is 1.50 bits per heavy atom. The minimum absolute atomic E-state index is 0.159. The summed E-state index contributed by atoms with van der Waals surface area (Å²) in [5.74, 6) is 0.688. The van der Waals surface area contributed by atoms with Crippen LogP contribution in [0.15, 0.2) is 0 Å². The number of aliphatic hydroxyl groups is 1. The first-order valence-corrected chi connectivity index (χ1v) is 7.09. The highest BCUT2D eigenvalue weighted by Gasteiger charge is 2.27. The second kappa shape index (κ2) is 7.43. The molecule has 0 bridgehead atoms. The van der Waals surface area contributed by atoms with Gasteiger partial charge in [-0.05, 0) is 38.8 Å². The molecule has 0 aliphatic carbocycles. The monoisotopic (exact) mass is 258 g/mol. The average molecular weight is 258 g/mol. The summed E-state index contributed by atoms with van der Waals surface area (Å²) in [5.41, 5.74) is -0.159. The van der Waals surface area contributed by atoms with Crippen molar-refractivity contribution in [1.29, 1.82) is 0 Å². The van der Waals surface area contributed by atoms with Crippen molar-refractivity contribution in [3.63, 3.8) is 0 Å². The Kier molecular flexibility index (Phi) is 6.57. The molecule has 1 saturated heterocycles. The van der Waals surface area contributed by atoms with Crippen LogP contribution in [0.2, 0.25) is 0 Å². The number of nitrogens with one attached hydrogen (secondary N) is 1. The largest absolute Gasteiger partial charge is 0.394 e. The van der Waals surface area contributed by atoms with Crippen molar-refractivity contribution in [1.82, 2.24) is 10.2 Å². The molecule has 2 N–H and O–H groups in total. The predicted molar refractivity (Wildman–Crippen MR) is 74.8 cm³/mol. The first-order chi connectivity index (χ1) is 8.49. The molecule has 1 rings (SSSR count). The van der Waals surface area contributed by atoms with Gasteiger partial charge in [-0.1, -0.05) is 13.8 Å². The van der Waals surface area contributed by atoms with Crippen LogP contribution in [0.25, 0.3) is 0 Å². The van der Waals surface area contributed by atoms with Crippen LogP contribution in [0.5, 0.6) is 0 Å². The maximum atomic E-state index is 9.54. The standard InChI is InChI=1S/C14H30N2O2/c1-12(2)15-14(3,11-17)6-8-16-7-5-13(9-16)10-18-4/h12-13,15,17H,5-11H2,1-4H3. The van der Waals surface area contributed by atoms with Crippen molar-refractivity contribution < 1.29 is 9.84 Å². The lowest BCUT2D eigenvalue weighted by Crippen LogP contribution is -2.50. The van der Waals surface area contributed by atoms with Crippen molar-refractivity contribution in [2.24, 2.45) is 5.92 Å². The highest BCUT2D eigenvalue weighted by molar-refractivity contribution is 4.86. The fraction of sp³-hybridized carbons (Fsp3) is 1.00. The number of rotatable bonds is 8. The van der Waals surface area contributed by atoms with E-state index in [1.54, 1.807) is 7.11 Å². The number of likely N-dealkylation sites (tertiary alicyclic amines) is 1. The molecule has 1 aliphatic heterocycles. The SMILES string of the molecule is COCC1CCN(CCC(C)(CO)NC(C)C)C1. The van der Waals surface area contributed by atoms with E-state index in [-0.39, 0.29) is 12.1 Å². The molecule has 0 aromatic heterocycles. The molecule has 4 heteroatoms. The number of nitrogens with zero attached hydrogens (tertiary/aromatic N) is 1. The summed E-state index contributed by atoms with van der Waals surface area (Å²) >= 11 is 0. The van der Waals surface area contributed by atoms with Crippen LogP contribution in [0.3, 0.4) is 0 Å². The summed E-state index contributed by atoms with van der Waals surface area (Å²) < 4.78 is 5.21. The molecule has 108 valence electrons. The number of hydrogen-bond acceptors (Lipinski definition) is 4. The second-order valence-electron chi connectivity index (χ2n) is 6.18. The zero-order valence-electron chi connectivity index (χ0n) is 12.4. The summed E-state index contributed by atoms with van der Waals surface area (Å²) in [4.78, 5) is 2.49. The van der Waals surface area contributed by atoms with Crippen LogP contribution in [0.1, 0.15) is 33.6 Å². The van der Waals surface area contributed by atoms with Gasteiger partial charge in [0, 0.05) is 25.2 Å². The molecule has 1 heterocycles. The van der Waals surface area contributed by atoms with Crippen molar-refractivity contribution in [2.45, 2.75) is 45.2 Å². The minimum Gasteiger partial charge on any atom is -0.394 e. The summed E-state index contributed by atoms with van der Waals surface area (Å²) in [6.45, 7) is 10.8. The topological polar surface area (TPSA) is 44.7 Å². The second-order valence-corrected chi connectivity index (χ2v) is 6.18. The zero-order chi connectivity index (χ0) is 13.6. The zero-order valence-corrected chi connectivity index (χ0v) is 12.4. The first-order valence-electron chi connectivity index (χ1n) is 7.09. The van der Waals surface area contributed by atoms with E-state index in [1.165, 1.54) is 6.42 Å². The third kappa shape index (κ3) is 5.22. The molecule has 0 radical (unpaired) electrons. The van der Waals surface area contributed by atoms with E-state index in [0.717, 1.165) is 32.7 Å². The van der Waals surface area contributed by atoms with E-state index in [0.29, 0.717) is 12.0 Å². The maximum Gasteiger partial charge on any atom is 0.0611 e. The first kappa shape index (κ1) is 15.9. The Balaban J connectivity index is 2.31. The third-order valence-corrected chi connectivity index (χ3v) is 3.74. The Labute approximate surface area is 112 Å². The van der Waals surface area contributed by atoms with Crippen LogP contribution < -0.4 is 5.32 Å². The van der Waals surface area contributed by atoms with E-state index < -0.39 is 0 Å². The number of methoxy groups -OCH3 is 1. The lowest BCUT2D eigenvalue weighted by atomic mass is 9.97. The lowest BCUT2D eigenvalue weighted by Gasteiger charge is -2.32. The Morgan fingerprint density at radius 2 is 2.22 bits per heavy atom. The van der Waals surface area contributed by atoms with Crippen molar-refractivity contribution in [3.8, 4) is 0 Å². The summed E-state index contributed by atoms with van der Waals surface area (Å²) in [6.07, 6.45) is 2.22. The van der Waals surface area contributed by atoms with E-state index in [2.05, 4.69) is 31.0 Å². The lowest BCUT2D eigenvalue weighted by molar-refractivity contribution is 0.135. The van der Waals surface area contributed by atoms with Gasteiger partial charge in [0.1, 0.15) is 0 Å². The van der Waals surface area contributed by atoms with Gasteiger partial charge in [-0.15, -0.1) is 0 Å². The Bertz CT molecular complexity index is 236. The molecular formula is C14H30N2O2.